The van der Waals surface area contributed by atoms with E-state index < -0.39 is 0 Å². The lowest BCUT2D eigenvalue weighted by Gasteiger charge is -2.28. The van der Waals surface area contributed by atoms with E-state index in [1.165, 1.54) is 125 Å². The number of rotatable bonds is 8. The van der Waals surface area contributed by atoms with Gasteiger partial charge in [-0.1, -0.05) is 226 Å². The van der Waals surface area contributed by atoms with Crippen molar-refractivity contribution in [2.45, 2.75) is 19.3 Å². The van der Waals surface area contributed by atoms with Crippen molar-refractivity contribution in [3.8, 4) is 55.5 Å². The summed E-state index contributed by atoms with van der Waals surface area (Å²) < 4.78 is 4.91. The van der Waals surface area contributed by atoms with Crippen molar-refractivity contribution in [1.29, 1.82) is 0 Å². The third-order valence-electron chi connectivity index (χ3n) is 19.7. The number of imidazole rings is 1. The lowest BCUT2D eigenvalue weighted by molar-refractivity contribution is 0.667. The van der Waals surface area contributed by atoms with E-state index in [0.29, 0.717) is 0 Å². The van der Waals surface area contributed by atoms with Gasteiger partial charge in [0.25, 0.3) is 0 Å². The molecule has 0 radical (unpaired) electrons. The highest BCUT2D eigenvalue weighted by Gasteiger charge is 2.41. The minimum absolute atomic E-state index is 0.334. The van der Waals surface area contributed by atoms with Gasteiger partial charge in [0, 0.05) is 38.3 Å². The molecule has 5 heteroatoms. The largest absolute Gasteiger partial charge is 0.310 e. The van der Waals surface area contributed by atoms with E-state index in [1.807, 2.05) is 0 Å². The Bertz CT molecular complexity index is 6030. The highest BCUT2D eigenvalue weighted by atomic mass is 32.1. The number of hydrogen-bond donors (Lipinski definition) is 0. The predicted molar refractivity (Wildman–Crippen MR) is 387 cm³/mol. The van der Waals surface area contributed by atoms with Crippen molar-refractivity contribution in [3.63, 3.8) is 0 Å². The fraction of sp³-hybridized carbons (Fsp3) is 0.0349. The Kier molecular flexibility index (Phi) is 11.2. The first kappa shape index (κ1) is 51.7. The van der Waals surface area contributed by atoms with E-state index >= 15 is 0 Å². The second-order valence-electron chi connectivity index (χ2n) is 25.0. The Morgan fingerprint density at radius 1 is 0.363 bits per heavy atom. The van der Waals surface area contributed by atoms with Gasteiger partial charge in [0.15, 0.2) is 0 Å². The van der Waals surface area contributed by atoms with Crippen LogP contribution in [0.1, 0.15) is 25.0 Å². The molecule has 426 valence electrons. The molecule has 0 saturated heterocycles. The lowest BCUT2D eigenvalue weighted by Crippen LogP contribution is -2.15. The van der Waals surface area contributed by atoms with Crippen molar-refractivity contribution in [3.05, 3.63) is 314 Å². The zero-order valence-electron chi connectivity index (χ0n) is 50.1. The van der Waals surface area contributed by atoms with Crippen molar-refractivity contribution < 1.29 is 0 Å². The van der Waals surface area contributed by atoms with E-state index in [4.69, 9.17) is 4.98 Å². The first-order valence-corrected chi connectivity index (χ1v) is 32.3. The molecule has 1 aliphatic rings. The first-order chi connectivity index (χ1) is 44.9. The number of aromatic nitrogens is 3. The lowest BCUT2D eigenvalue weighted by atomic mass is 9.79. The fourth-order valence-electron chi connectivity index (χ4n) is 15.6. The van der Waals surface area contributed by atoms with Crippen LogP contribution in [0.5, 0.6) is 0 Å². The van der Waals surface area contributed by atoms with Gasteiger partial charge < -0.3 is 4.90 Å². The van der Waals surface area contributed by atoms with Crippen molar-refractivity contribution in [2.75, 3.05) is 4.90 Å². The zero-order chi connectivity index (χ0) is 60.1. The average molecular weight is 1180 g/mol. The van der Waals surface area contributed by atoms with E-state index in [-0.39, 0.29) is 5.41 Å². The van der Waals surface area contributed by atoms with Gasteiger partial charge in [0.2, 0.25) is 5.95 Å². The van der Waals surface area contributed by atoms with Crippen molar-refractivity contribution in [2.24, 2.45) is 0 Å². The van der Waals surface area contributed by atoms with Gasteiger partial charge in [-0.25, -0.2) is 4.98 Å². The fourth-order valence-corrected chi connectivity index (χ4v) is 16.4. The number of para-hydroxylation sites is 2. The molecule has 15 aromatic carbocycles. The van der Waals surface area contributed by atoms with Crippen LogP contribution in [0.2, 0.25) is 0 Å². The third-order valence-corrected chi connectivity index (χ3v) is 20.5. The summed E-state index contributed by atoms with van der Waals surface area (Å²) >= 11 is 1.74. The Morgan fingerprint density at radius 3 is 1.69 bits per heavy atom. The second kappa shape index (κ2) is 19.8. The number of nitrogens with zero attached hydrogens (tertiary/aromatic N) is 4. The molecule has 91 heavy (non-hydrogen) atoms. The van der Waals surface area contributed by atoms with Crippen LogP contribution in [0.3, 0.4) is 0 Å². The molecule has 18 aromatic rings. The highest BCUT2D eigenvalue weighted by Crippen LogP contribution is 2.58. The molecule has 0 bridgehead atoms. The van der Waals surface area contributed by atoms with Crippen LogP contribution in [0.4, 0.5) is 17.1 Å². The van der Waals surface area contributed by atoms with Gasteiger partial charge in [-0.3, -0.25) is 9.13 Å². The number of fused-ring (bicyclic) bond motifs is 19. The minimum Gasteiger partial charge on any atom is -0.310 e. The summed E-state index contributed by atoms with van der Waals surface area (Å²) in [5, 5.41) is 20.6. The quantitative estimate of drug-likeness (QED) is 0.112. The maximum Gasteiger partial charge on any atom is 0.221 e. The van der Waals surface area contributed by atoms with Gasteiger partial charge in [-0.05, 0) is 200 Å². The van der Waals surface area contributed by atoms with Gasteiger partial charge in [0.05, 0.1) is 27.8 Å². The number of benzene rings is 15. The predicted octanol–water partition coefficient (Wildman–Crippen LogP) is 23.9. The zero-order valence-corrected chi connectivity index (χ0v) is 50.9. The van der Waals surface area contributed by atoms with Crippen LogP contribution in [0.15, 0.2) is 303 Å². The minimum atomic E-state index is -0.334. The number of thiophene rings is 1. The molecule has 0 fully saturated rings. The molecule has 3 aromatic heterocycles. The maximum atomic E-state index is 5.71. The topological polar surface area (TPSA) is 26.0 Å². The molecule has 19 rings (SSSR count). The summed E-state index contributed by atoms with van der Waals surface area (Å²) in [6.45, 7) is 4.91. The molecule has 0 spiro atoms. The molecule has 0 aliphatic heterocycles. The second-order valence-corrected chi connectivity index (χ2v) is 25.9. The summed E-state index contributed by atoms with van der Waals surface area (Å²) in [6, 6.07) is 110. The molecular weight excluding hydrogens is 1120 g/mol. The molecule has 1 aliphatic carbocycles. The summed E-state index contributed by atoms with van der Waals surface area (Å²) in [5.41, 5.74) is 19.6. The SMILES string of the molecule is CC1(C)c2cc3c4ccccc4c4ccccc4c3cc2-c2c1c1ccccc1c1c2c2ccc(-c3cccc4cc5c(N(c6ccc(-c7ccccc7)cc6)c6cccc(-c7ccccc7)c6)cccc5cc34)cc2n1-c1nc2ccccc2n1-c1cccs1. The molecule has 4 nitrogen and oxygen atoms in total. The highest BCUT2D eigenvalue weighted by molar-refractivity contribution is 7.12. The number of anilines is 3. The van der Waals surface area contributed by atoms with Gasteiger partial charge >= 0.3 is 0 Å². The van der Waals surface area contributed by atoms with Crippen LogP contribution in [0, 0.1) is 0 Å². The van der Waals surface area contributed by atoms with E-state index in [1.54, 1.807) is 11.3 Å². The molecule has 0 unspecified atom stereocenters. The smallest absolute Gasteiger partial charge is 0.221 e. The molecule has 3 heterocycles. The van der Waals surface area contributed by atoms with Gasteiger partial charge in [-0.2, -0.15) is 0 Å². The molecule has 0 atom stereocenters. The summed E-state index contributed by atoms with van der Waals surface area (Å²) in [4.78, 5) is 8.14. The average Bonchev–Trinajstić information content (AvgIpc) is 1.52. The summed E-state index contributed by atoms with van der Waals surface area (Å²) in [5.74, 6) is 0.865. The first-order valence-electron chi connectivity index (χ1n) is 31.4. The van der Waals surface area contributed by atoms with Crippen molar-refractivity contribution >= 4 is 126 Å². The normalized spacial score (nSPS) is 12.8. The Balaban J connectivity index is 0.862. The van der Waals surface area contributed by atoms with E-state index in [0.717, 1.165) is 55.6 Å². The Labute approximate surface area is 530 Å². The maximum absolute atomic E-state index is 5.71. The number of hydrogen-bond acceptors (Lipinski definition) is 3. The van der Waals surface area contributed by atoms with Crippen LogP contribution >= 0.6 is 11.3 Å². The van der Waals surface area contributed by atoms with Gasteiger partial charge in [-0.15, -0.1) is 11.3 Å². The Hall–Kier alpha value is -11.4. The summed E-state index contributed by atoms with van der Waals surface area (Å²) in [6.07, 6.45) is 0. The van der Waals surface area contributed by atoms with Crippen molar-refractivity contribution in [1.82, 2.24) is 14.1 Å². The third kappa shape index (κ3) is 7.72. The van der Waals surface area contributed by atoms with Gasteiger partial charge in [0.1, 0.15) is 5.00 Å². The van der Waals surface area contributed by atoms with Crippen LogP contribution in [-0.2, 0) is 5.41 Å². The van der Waals surface area contributed by atoms with Crippen LogP contribution in [-0.4, -0.2) is 14.1 Å². The van der Waals surface area contributed by atoms with Crippen LogP contribution < -0.4 is 4.90 Å². The monoisotopic (exact) mass is 1180 g/mol. The molecular formula is C86H56N4S. The standard InChI is InChI=1S/C86H56N4S/c1-86(2)75-52-73-66-32-12-10-30-64(66)63-29-9-11-31-65(63)72(73)51-74(75)81-82-69-45-42-59(50-79(69)90(84(82)68-34-14-13-33-67(68)83(81)86)85-87-76-36-15-16-37-78(76)89(85)80-39-20-46-91-80)62-35-18-26-57-49-71-58(48-70(57)62)27-19-38-77(71)88(60-43-40-55(41-44-60)53-21-5-3-6-22-53)61-28-17-25-56(47-61)54-23-7-4-8-24-54/h3-52H,1-2H3. The molecule has 0 N–H and O–H groups in total. The Morgan fingerprint density at radius 2 is 0.956 bits per heavy atom. The summed E-state index contributed by atoms with van der Waals surface area (Å²) in [7, 11) is 0. The van der Waals surface area contributed by atoms with Crippen LogP contribution in [0.25, 0.3) is 153 Å². The molecule has 0 amide bonds. The molecule has 0 saturated carbocycles. The van der Waals surface area contributed by atoms with E-state index in [9.17, 15) is 0 Å². The van der Waals surface area contributed by atoms with E-state index in [2.05, 4.69) is 331 Å².